The Bertz CT molecular complexity index is 1430. The summed E-state index contributed by atoms with van der Waals surface area (Å²) < 4.78 is 20.1. The fourth-order valence-corrected chi connectivity index (χ4v) is 7.56. The molecule has 11 heteroatoms. The van der Waals surface area contributed by atoms with E-state index in [1.54, 1.807) is 0 Å². The zero-order valence-corrected chi connectivity index (χ0v) is 25.5. The molecule has 1 aliphatic carbocycles. The molecule has 4 heterocycles. The Kier molecular flexibility index (Phi) is 8.73. The zero-order chi connectivity index (χ0) is 30.1. The first-order valence-corrected chi connectivity index (χ1v) is 15.8. The van der Waals surface area contributed by atoms with E-state index < -0.39 is 17.8 Å². The number of carbonyl (C=O) groups is 1. The molecule has 0 spiro atoms. The lowest BCUT2D eigenvalue weighted by atomic mass is 9.88. The molecule has 1 aromatic carbocycles. The van der Waals surface area contributed by atoms with Gasteiger partial charge in [0.15, 0.2) is 5.83 Å². The van der Waals surface area contributed by atoms with E-state index in [0.29, 0.717) is 31.7 Å². The number of fused-ring (bicyclic) bond motifs is 2. The third kappa shape index (κ3) is 6.02. The SMILES string of the molecule is C=C(F)C(=O)N1CCN(c2nc(OC[C@@H]3CCCN3C)nc3c2CCC(N2CCCc4cccc(Cl)c42)C3)C[C@@H]1CC#N. The first-order chi connectivity index (χ1) is 20.8. The summed E-state index contributed by atoms with van der Waals surface area (Å²) in [4.78, 5) is 30.8. The highest BCUT2D eigenvalue weighted by Gasteiger charge is 2.36. The minimum Gasteiger partial charge on any atom is -0.462 e. The summed E-state index contributed by atoms with van der Waals surface area (Å²) in [5, 5.41) is 10.3. The van der Waals surface area contributed by atoms with Crippen molar-refractivity contribution in [1.82, 2.24) is 19.8 Å². The van der Waals surface area contributed by atoms with Gasteiger partial charge in [0, 0.05) is 50.2 Å². The van der Waals surface area contributed by atoms with Gasteiger partial charge in [-0.05, 0) is 63.7 Å². The molecular formula is C32H39ClFN7O2. The van der Waals surface area contributed by atoms with Gasteiger partial charge in [-0.3, -0.25) is 4.79 Å². The molecule has 2 saturated heterocycles. The number of nitriles is 1. The highest BCUT2D eigenvalue weighted by Crippen LogP contribution is 2.40. The minimum absolute atomic E-state index is 0.0946. The van der Waals surface area contributed by atoms with Crippen molar-refractivity contribution in [2.45, 2.75) is 69.5 Å². The van der Waals surface area contributed by atoms with E-state index in [4.69, 9.17) is 26.3 Å². The Morgan fingerprint density at radius 3 is 2.79 bits per heavy atom. The standard InChI is InChI=1S/C32H39ClFN7O2/c1-21(34)31(42)41-17-16-39(19-24(41)12-13-35)30-26-11-10-23(40-15-4-7-22-6-3-9-27(33)29(22)40)18-28(26)36-32(37-30)43-20-25-8-5-14-38(25)2/h3,6,9,23-25H,1,4-5,7-8,10-12,14-20H2,2H3/t23?,24-,25-/m0/s1. The van der Waals surface area contributed by atoms with E-state index in [2.05, 4.69) is 40.5 Å². The lowest BCUT2D eigenvalue weighted by Crippen LogP contribution is -2.55. The second kappa shape index (κ2) is 12.7. The molecule has 9 nitrogen and oxygen atoms in total. The van der Waals surface area contributed by atoms with Crippen LogP contribution in [0.15, 0.2) is 30.6 Å². The second-order valence-electron chi connectivity index (χ2n) is 12.1. The molecule has 0 saturated carbocycles. The summed E-state index contributed by atoms with van der Waals surface area (Å²) in [6.45, 7) is 6.84. The lowest BCUT2D eigenvalue weighted by molar-refractivity contribution is -0.131. The summed E-state index contributed by atoms with van der Waals surface area (Å²) in [5.74, 6) is -0.962. The van der Waals surface area contributed by atoms with Crippen molar-refractivity contribution in [3.8, 4) is 12.1 Å². The number of ether oxygens (including phenoxy) is 1. The van der Waals surface area contributed by atoms with Crippen molar-refractivity contribution < 1.29 is 13.9 Å². The molecule has 4 aliphatic rings. The van der Waals surface area contributed by atoms with Gasteiger partial charge in [-0.25, -0.2) is 4.39 Å². The van der Waals surface area contributed by atoms with E-state index in [-0.39, 0.29) is 19.0 Å². The number of rotatable bonds is 7. The number of likely N-dealkylation sites (N-methyl/N-ethyl adjacent to an activating group) is 1. The van der Waals surface area contributed by atoms with Crippen molar-refractivity contribution in [2.75, 3.05) is 56.2 Å². The fourth-order valence-electron chi connectivity index (χ4n) is 7.26. The topological polar surface area (TPSA) is 88.8 Å². The zero-order valence-electron chi connectivity index (χ0n) is 24.8. The third-order valence-electron chi connectivity index (χ3n) is 9.53. The van der Waals surface area contributed by atoms with Gasteiger partial charge in [0.2, 0.25) is 0 Å². The summed E-state index contributed by atoms with van der Waals surface area (Å²) in [6, 6.07) is 8.81. The predicted molar refractivity (Wildman–Crippen MR) is 164 cm³/mol. The molecule has 0 radical (unpaired) electrons. The molecule has 2 fully saturated rings. The van der Waals surface area contributed by atoms with Crippen molar-refractivity contribution in [2.24, 2.45) is 0 Å². The minimum atomic E-state index is -1.01. The fraction of sp³-hybridized carbons (Fsp3) is 0.562. The maximum absolute atomic E-state index is 13.8. The summed E-state index contributed by atoms with van der Waals surface area (Å²) in [7, 11) is 2.12. The number of aromatic nitrogens is 2. The number of likely N-dealkylation sites (tertiary alicyclic amines) is 1. The van der Waals surface area contributed by atoms with Crippen molar-refractivity contribution in [3.05, 3.63) is 52.4 Å². The first kappa shape index (κ1) is 29.6. The number of carbonyl (C=O) groups excluding carboxylic acids is 1. The smallest absolute Gasteiger partial charge is 0.318 e. The molecule has 228 valence electrons. The molecule has 3 aliphatic heterocycles. The van der Waals surface area contributed by atoms with Gasteiger partial charge in [-0.2, -0.15) is 15.2 Å². The average Bonchev–Trinajstić information content (AvgIpc) is 3.43. The molecule has 43 heavy (non-hydrogen) atoms. The van der Waals surface area contributed by atoms with Crippen LogP contribution < -0.4 is 14.5 Å². The molecule has 1 amide bonds. The Morgan fingerprint density at radius 2 is 2.02 bits per heavy atom. The number of piperazine rings is 1. The number of nitrogens with zero attached hydrogens (tertiary/aromatic N) is 7. The molecule has 6 rings (SSSR count). The summed E-state index contributed by atoms with van der Waals surface area (Å²) in [6.07, 6.45) is 6.92. The van der Waals surface area contributed by atoms with Crippen molar-refractivity contribution >= 4 is 29.0 Å². The van der Waals surface area contributed by atoms with Crippen LogP contribution in [-0.4, -0.2) is 90.2 Å². The van der Waals surface area contributed by atoms with E-state index in [1.165, 1.54) is 10.5 Å². The molecule has 0 N–H and O–H groups in total. The molecule has 1 unspecified atom stereocenters. The highest BCUT2D eigenvalue weighted by atomic mass is 35.5. The van der Waals surface area contributed by atoms with Crippen LogP contribution in [0, 0.1) is 11.3 Å². The Labute approximate surface area is 257 Å². The van der Waals surface area contributed by atoms with Crippen molar-refractivity contribution in [1.29, 1.82) is 5.26 Å². The van der Waals surface area contributed by atoms with Crippen LogP contribution in [0.1, 0.15) is 48.9 Å². The number of hydrogen-bond donors (Lipinski definition) is 0. The average molecular weight is 608 g/mol. The van der Waals surface area contributed by atoms with Crippen molar-refractivity contribution in [3.63, 3.8) is 0 Å². The Morgan fingerprint density at radius 1 is 1.16 bits per heavy atom. The van der Waals surface area contributed by atoms with Gasteiger partial charge in [-0.1, -0.05) is 30.3 Å². The van der Waals surface area contributed by atoms with Gasteiger partial charge in [0.05, 0.1) is 34.9 Å². The van der Waals surface area contributed by atoms with Crippen LogP contribution in [0.5, 0.6) is 6.01 Å². The van der Waals surface area contributed by atoms with Gasteiger partial charge in [0.25, 0.3) is 5.91 Å². The molecule has 1 aromatic heterocycles. The number of amides is 1. The van der Waals surface area contributed by atoms with Crippen LogP contribution in [-0.2, 0) is 24.1 Å². The van der Waals surface area contributed by atoms with Gasteiger partial charge in [-0.15, -0.1) is 0 Å². The molecule has 3 atom stereocenters. The highest BCUT2D eigenvalue weighted by molar-refractivity contribution is 6.33. The predicted octanol–water partition coefficient (Wildman–Crippen LogP) is 4.33. The van der Waals surface area contributed by atoms with Gasteiger partial charge < -0.3 is 24.3 Å². The maximum atomic E-state index is 13.8. The van der Waals surface area contributed by atoms with Gasteiger partial charge in [0.1, 0.15) is 12.4 Å². The second-order valence-corrected chi connectivity index (χ2v) is 12.6. The monoisotopic (exact) mass is 607 g/mol. The van der Waals surface area contributed by atoms with E-state index in [1.807, 2.05) is 12.1 Å². The van der Waals surface area contributed by atoms with Crippen LogP contribution in [0.25, 0.3) is 0 Å². The van der Waals surface area contributed by atoms with Crippen LogP contribution >= 0.6 is 11.6 Å². The van der Waals surface area contributed by atoms with E-state index >= 15 is 0 Å². The third-order valence-corrected chi connectivity index (χ3v) is 9.83. The first-order valence-electron chi connectivity index (χ1n) is 15.4. The van der Waals surface area contributed by atoms with E-state index in [0.717, 1.165) is 85.8 Å². The van der Waals surface area contributed by atoms with Crippen LogP contribution in [0.4, 0.5) is 15.9 Å². The lowest BCUT2D eigenvalue weighted by Gasteiger charge is -2.43. The maximum Gasteiger partial charge on any atom is 0.318 e. The quantitative estimate of drug-likeness (QED) is 0.430. The number of para-hydroxylation sites is 1. The summed E-state index contributed by atoms with van der Waals surface area (Å²) >= 11 is 6.74. The normalized spacial score (nSPS) is 23.9. The molecule has 2 aromatic rings. The van der Waals surface area contributed by atoms with Crippen LogP contribution in [0.2, 0.25) is 5.02 Å². The van der Waals surface area contributed by atoms with E-state index in [9.17, 15) is 14.4 Å². The largest absolute Gasteiger partial charge is 0.462 e. The Hall–Kier alpha value is -3.42. The number of benzene rings is 1. The Balaban J connectivity index is 1.30. The van der Waals surface area contributed by atoms with Gasteiger partial charge >= 0.3 is 6.01 Å². The number of hydrogen-bond acceptors (Lipinski definition) is 8. The molecular weight excluding hydrogens is 569 g/mol. The van der Waals surface area contributed by atoms with Crippen LogP contribution in [0.3, 0.4) is 0 Å². The molecule has 0 bridgehead atoms. The number of anilines is 2. The number of aryl methyl sites for hydroxylation is 1. The summed E-state index contributed by atoms with van der Waals surface area (Å²) in [5.41, 5.74) is 4.50. The number of halogens is 2.